The van der Waals surface area contributed by atoms with Gasteiger partial charge in [0.2, 0.25) is 0 Å². The first-order valence-electron chi connectivity index (χ1n) is 3.96. The van der Waals surface area contributed by atoms with Gasteiger partial charge in [0.25, 0.3) is 0 Å². The van der Waals surface area contributed by atoms with E-state index in [0.717, 1.165) is 16.9 Å². The van der Waals surface area contributed by atoms with Gasteiger partial charge >= 0.3 is 0 Å². The molecule has 0 heterocycles. The summed E-state index contributed by atoms with van der Waals surface area (Å²) in [7, 11) is 1.85. The van der Waals surface area contributed by atoms with Gasteiger partial charge in [0.15, 0.2) is 0 Å². The number of nitrogen functional groups attached to an aromatic ring is 1. The van der Waals surface area contributed by atoms with Gasteiger partial charge in [-0.2, -0.15) is 0 Å². The van der Waals surface area contributed by atoms with Crippen molar-refractivity contribution >= 4 is 11.4 Å². The first kappa shape index (κ1) is 8.87. The molecule has 0 aliphatic rings. The molecule has 3 nitrogen and oxygen atoms in total. The summed E-state index contributed by atoms with van der Waals surface area (Å²) in [4.78, 5) is 0. The molecule has 0 aromatic heterocycles. The average Bonchev–Trinajstić information content (AvgIpc) is 2.08. The Kier molecular flexibility index (Phi) is 2.55. The summed E-state index contributed by atoms with van der Waals surface area (Å²) >= 11 is 0. The average molecular weight is 165 g/mol. The lowest BCUT2D eigenvalue weighted by atomic mass is 10.1. The van der Waals surface area contributed by atoms with Crippen LogP contribution in [0.2, 0.25) is 0 Å². The Morgan fingerprint density at radius 3 is 2.50 bits per heavy atom. The summed E-state index contributed by atoms with van der Waals surface area (Å²) in [5, 5.41) is 3.05. The second-order valence-corrected chi connectivity index (χ2v) is 2.78. The highest BCUT2D eigenvalue weighted by Crippen LogP contribution is 2.25. The Bertz CT molecular complexity index is 252. The second kappa shape index (κ2) is 3.45. The molecule has 1 aromatic carbocycles. The summed E-state index contributed by atoms with van der Waals surface area (Å²) < 4.78 is 0. The summed E-state index contributed by atoms with van der Waals surface area (Å²) in [6, 6.07) is 3.87. The number of anilines is 2. The Morgan fingerprint density at radius 2 is 2.08 bits per heavy atom. The highest BCUT2D eigenvalue weighted by molar-refractivity contribution is 5.71. The van der Waals surface area contributed by atoms with Gasteiger partial charge in [0.1, 0.15) is 0 Å². The topological polar surface area (TPSA) is 64.1 Å². The maximum absolute atomic E-state index is 5.76. The molecule has 1 aromatic rings. The lowest BCUT2D eigenvalue weighted by Crippen LogP contribution is -2.06. The number of hydrogen-bond donors (Lipinski definition) is 3. The lowest BCUT2D eigenvalue weighted by Gasteiger charge is -2.12. The monoisotopic (exact) mass is 165 g/mol. The standard InChI is InChI=1S/C9H15N3/c1-6-3-4-8(11)9(12-2)7(6)5-10/h3-4,12H,5,10-11H2,1-2H3. The molecule has 0 saturated carbocycles. The third-order valence-corrected chi connectivity index (χ3v) is 2.03. The Hall–Kier alpha value is -1.22. The van der Waals surface area contributed by atoms with Gasteiger partial charge < -0.3 is 16.8 Å². The molecular formula is C9H15N3. The Balaban J connectivity index is 3.28. The maximum Gasteiger partial charge on any atom is 0.0619 e. The van der Waals surface area contributed by atoms with Gasteiger partial charge in [-0.25, -0.2) is 0 Å². The maximum atomic E-state index is 5.76. The van der Waals surface area contributed by atoms with Crippen molar-refractivity contribution in [3.63, 3.8) is 0 Å². The van der Waals surface area contributed by atoms with Crippen LogP contribution in [0.3, 0.4) is 0 Å². The van der Waals surface area contributed by atoms with Gasteiger partial charge in [-0.15, -0.1) is 0 Å². The van der Waals surface area contributed by atoms with Crippen molar-refractivity contribution in [2.24, 2.45) is 5.73 Å². The van der Waals surface area contributed by atoms with Crippen molar-refractivity contribution in [1.29, 1.82) is 0 Å². The van der Waals surface area contributed by atoms with Crippen molar-refractivity contribution in [3.8, 4) is 0 Å². The van der Waals surface area contributed by atoms with Gasteiger partial charge in [-0.1, -0.05) is 6.07 Å². The van der Waals surface area contributed by atoms with Crippen LogP contribution in [0.15, 0.2) is 12.1 Å². The second-order valence-electron chi connectivity index (χ2n) is 2.78. The van der Waals surface area contributed by atoms with Crippen LogP contribution in [0.4, 0.5) is 11.4 Å². The Morgan fingerprint density at radius 1 is 1.42 bits per heavy atom. The molecule has 0 spiro atoms. The van der Waals surface area contributed by atoms with Gasteiger partial charge in [-0.05, 0) is 24.1 Å². The first-order chi connectivity index (χ1) is 5.70. The molecule has 66 valence electrons. The zero-order valence-electron chi connectivity index (χ0n) is 7.52. The molecule has 0 radical (unpaired) electrons. The highest BCUT2D eigenvalue weighted by Gasteiger charge is 2.05. The number of benzene rings is 1. The summed E-state index contributed by atoms with van der Waals surface area (Å²) in [6.45, 7) is 2.55. The predicted octanol–water partition coefficient (Wildman–Crippen LogP) is 1.08. The van der Waals surface area contributed by atoms with E-state index in [1.165, 1.54) is 5.56 Å². The molecule has 0 amide bonds. The normalized spacial score (nSPS) is 9.92. The van der Waals surface area contributed by atoms with E-state index in [2.05, 4.69) is 5.32 Å². The zero-order valence-corrected chi connectivity index (χ0v) is 7.52. The number of aryl methyl sites for hydroxylation is 1. The van der Waals surface area contributed by atoms with Crippen LogP contribution < -0.4 is 16.8 Å². The van der Waals surface area contributed by atoms with E-state index in [-0.39, 0.29) is 0 Å². The van der Waals surface area contributed by atoms with Crippen LogP contribution >= 0.6 is 0 Å². The fourth-order valence-corrected chi connectivity index (χ4v) is 1.33. The number of nitrogens with one attached hydrogen (secondary N) is 1. The zero-order chi connectivity index (χ0) is 9.14. The minimum Gasteiger partial charge on any atom is -0.397 e. The van der Waals surface area contributed by atoms with Crippen LogP contribution in [0.5, 0.6) is 0 Å². The fourth-order valence-electron chi connectivity index (χ4n) is 1.33. The third-order valence-electron chi connectivity index (χ3n) is 2.03. The van der Waals surface area contributed by atoms with Gasteiger partial charge in [-0.3, -0.25) is 0 Å². The van der Waals surface area contributed by atoms with E-state index in [1.54, 1.807) is 0 Å². The molecule has 0 bridgehead atoms. The summed E-state index contributed by atoms with van der Waals surface area (Å²) in [6.07, 6.45) is 0. The van der Waals surface area contributed by atoms with E-state index < -0.39 is 0 Å². The van der Waals surface area contributed by atoms with Gasteiger partial charge in [0.05, 0.1) is 11.4 Å². The molecule has 0 fully saturated rings. The van der Waals surface area contributed by atoms with Crippen molar-refractivity contribution in [3.05, 3.63) is 23.3 Å². The minimum absolute atomic E-state index is 0.521. The minimum atomic E-state index is 0.521. The summed E-state index contributed by atoms with van der Waals surface area (Å²) in [5.74, 6) is 0. The molecule has 3 heteroatoms. The predicted molar refractivity (Wildman–Crippen MR) is 53.0 cm³/mol. The van der Waals surface area contributed by atoms with Crippen LogP contribution in [-0.2, 0) is 6.54 Å². The molecule has 0 saturated heterocycles. The smallest absolute Gasteiger partial charge is 0.0619 e. The Labute approximate surface area is 72.8 Å². The van der Waals surface area contributed by atoms with Crippen LogP contribution in [-0.4, -0.2) is 7.05 Å². The summed E-state index contributed by atoms with van der Waals surface area (Å²) in [5.41, 5.74) is 15.3. The molecular weight excluding hydrogens is 150 g/mol. The van der Waals surface area contributed by atoms with Crippen molar-refractivity contribution in [2.45, 2.75) is 13.5 Å². The van der Waals surface area contributed by atoms with Crippen molar-refractivity contribution < 1.29 is 0 Å². The SMILES string of the molecule is CNc1c(N)ccc(C)c1CN. The highest BCUT2D eigenvalue weighted by atomic mass is 14.9. The first-order valence-corrected chi connectivity index (χ1v) is 3.96. The molecule has 0 atom stereocenters. The lowest BCUT2D eigenvalue weighted by molar-refractivity contribution is 1.05. The molecule has 0 aliphatic heterocycles. The van der Waals surface area contributed by atoms with E-state index in [9.17, 15) is 0 Å². The molecule has 0 aliphatic carbocycles. The fraction of sp³-hybridized carbons (Fsp3) is 0.333. The van der Waals surface area contributed by atoms with Crippen LogP contribution in [0, 0.1) is 6.92 Å². The van der Waals surface area contributed by atoms with E-state index in [0.29, 0.717) is 6.54 Å². The van der Waals surface area contributed by atoms with Crippen molar-refractivity contribution in [2.75, 3.05) is 18.1 Å². The van der Waals surface area contributed by atoms with Crippen molar-refractivity contribution in [1.82, 2.24) is 0 Å². The van der Waals surface area contributed by atoms with E-state index in [1.807, 2.05) is 26.1 Å². The van der Waals surface area contributed by atoms with E-state index in [4.69, 9.17) is 11.5 Å². The van der Waals surface area contributed by atoms with Crippen LogP contribution in [0.1, 0.15) is 11.1 Å². The quantitative estimate of drug-likeness (QED) is 0.574. The third kappa shape index (κ3) is 1.36. The van der Waals surface area contributed by atoms with Crippen LogP contribution in [0.25, 0.3) is 0 Å². The number of nitrogens with two attached hydrogens (primary N) is 2. The van der Waals surface area contributed by atoms with Gasteiger partial charge in [0, 0.05) is 13.6 Å². The molecule has 1 rings (SSSR count). The largest absolute Gasteiger partial charge is 0.397 e. The molecule has 5 N–H and O–H groups in total. The van der Waals surface area contributed by atoms with E-state index >= 15 is 0 Å². The molecule has 12 heavy (non-hydrogen) atoms. The molecule has 0 unspecified atom stereocenters. The number of rotatable bonds is 2. The number of hydrogen-bond acceptors (Lipinski definition) is 3.